The van der Waals surface area contributed by atoms with Gasteiger partial charge in [-0.2, -0.15) is 4.99 Å². The molecule has 9 heteroatoms. The lowest BCUT2D eigenvalue weighted by molar-refractivity contribution is 0.0600. The summed E-state index contributed by atoms with van der Waals surface area (Å²) in [5, 5.41) is 0. The van der Waals surface area contributed by atoms with Gasteiger partial charge in [0.15, 0.2) is 14.6 Å². The van der Waals surface area contributed by atoms with Crippen LogP contribution in [-0.2, 0) is 21.1 Å². The van der Waals surface area contributed by atoms with Crippen LogP contribution in [0.25, 0.3) is 10.2 Å². The Morgan fingerprint density at radius 2 is 1.97 bits per heavy atom. The van der Waals surface area contributed by atoms with Gasteiger partial charge in [0, 0.05) is 6.26 Å². The van der Waals surface area contributed by atoms with Crippen LogP contribution < -0.4 is 4.80 Å². The molecule has 0 saturated heterocycles. The van der Waals surface area contributed by atoms with Crippen molar-refractivity contribution in [1.82, 2.24) is 4.57 Å². The number of carbonyl (C=O) groups is 2. The van der Waals surface area contributed by atoms with Gasteiger partial charge in [0.05, 0.1) is 39.9 Å². The second-order valence-electron chi connectivity index (χ2n) is 6.03. The van der Waals surface area contributed by atoms with Gasteiger partial charge in [0.25, 0.3) is 5.91 Å². The summed E-state index contributed by atoms with van der Waals surface area (Å²) in [4.78, 5) is 28.9. The van der Waals surface area contributed by atoms with Gasteiger partial charge in [0.2, 0.25) is 0 Å². The molecule has 0 unspecified atom stereocenters. The number of aromatic nitrogens is 1. The SMILES string of the molecule is C#CCn1c(=NC(=O)c2ccccc2S(C)(=O)=O)sc2cc(C(=O)OC)ccc21. The van der Waals surface area contributed by atoms with Crippen molar-refractivity contribution < 1.29 is 22.7 Å². The topological polar surface area (TPSA) is 94.8 Å². The number of amides is 1. The Morgan fingerprint density at radius 1 is 1.24 bits per heavy atom. The van der Waals surface area contributed by atoms with Crippen LogP contribution in [0, 0.1) is 12.3 Å². The Bertz CT molecular complexity index is 1340. The van der Waals surface area contributed by atoms with E-state index in [1.54, 1.807) is 34.9 Å². The minimum absolute atomic E-state index is 0.0186. The molecule has 148 valence electrons. The van der Waals surface area contributed by atoms with E-state index in [-0.39, 0.29) is 17.0 Å². The van der Waals surface area contributed by atoms with Crippen molar-refractivity contribution >= 4 is 43.3 Å². The molecule has 7 nitrogen and oxygen atoms in total. The van der Waals surface area contributed by atoms with Gasteiger partial charge >= 0.3 is 5.97 Å². The highest BCUT2D eigenvalue weighted by molar-refractivity contribution is 7.90. The van der Waals surface area contributed by atoms with E-state index in [1.165, 1.54) is 19.2 Å². The minimum Gasteiger partial charge on any atom is -0.465 e. The predicted octanol–water partition coefficient (Wildman–Crippen LogP) is 2.27. The summed E-state index contributed by atoms with van der Waals surface area (Å²) in [5.74, 6) is 1.33. The standard InChI is InChI=1S/C20H16N2O5S2/c1-4-11-22-15-10-9-13(19(24)27-2)12-16(15)28-20(22)21-18(23)14-7-5-6-8-17(14)29(3,25)26/h1,5-10,12H,11H2,2-3H3. The van der Waals surface area contributed by atoms with Crippen molar-refractivity contribution in [2.24, 2.45) is 4.99 Å². The fraction of sp³-hybridized carbons (Fsp3) is 0.150. The summed E-state index contributed by atoms with van der Waals surface area (Å²) in [6.45, 7) is 0.150. The highest BCUT2D eigenvalue weighted by atomic mass is 32.2. The van der Waals surface area contributed by atoms with Crippen molar-refractivity contribution in [1.29, 1.82) is 0 Å². The van der Waals surface area contributed by atoms with E-state index >= 15 is 0 Å². The smallest absolute Gasteiger partial charge is 0.337 e. The van der Waals surface area contributed by atoms with Crippen LogP contribution in [0.15, 0.2) is 52.4 Å². The molecule has 0 aliphatic heterocycles. The van der Waals surface area contributed by atoms with E-state index in [2.05, 4.69) is 10.9 Å². The summed E-state index contributed by atoms with van der Waals surface area (Å²) in [6, 6.07) is 10.8. The molecule has 29 heavy (non-hydrogen) atoms. The molecule has 1 heterocycles. The van der Waals surface area contributed by atoms with Gasteiger partial charge in [-0.25, -0.2) is 13.2 Å². The molecule has 0 fully saturated rings. The molecule has 3 rings (SSSR count). The fourth-order valence-electron chi connectivity index (χ4n) is 2.76. The number of carbonyl (C=O) groups excluding carboxylic acids is 2. The third-order valence-corrected chi connectivity index (χ3v) is 6.26. The Balaban J connectivity index is 2.20. The van der Waals surface area contributed by atoms with Gasteiger partial charge < -0.3 is 9.30 Å². The molecule has 0 N–H and O–H groups in total. The third kappa shape index (κ3) is 4.13. The van der Waals surface area contributed by atoms with Crippen LogP contribution in [0.5, 0.6) is 0 Å². The molecule has 3 aromatic rings. The molecule has 0 bridgehead atoms. The summed E-state index contributed by atoms with van der Waals surface area (Å²) in [6.07, 6.45) is 6.49. The van der Waals surface area contributed by atoms with Gasteiger partial charge in [-0.05, 0) is 30.3 Å². The van der Waals surface area contributed by atoms with E-state index in [0.29, 0.717) is 20.6 Å². The number of ether oxygens (including phenoxy) is 1. The number of methoxy groups -OCH3 is 1. The number of hydrogen-bond donors (Lipinski definition) is 0. The maximum absolute atomic E-state index is 12.8. The van der Waals surface area contributed by atoms with E-state index in [4.69, 9.17) is 11.2 Å². The Labute approximate surface area is 171 Å². The Kier molecular flexibility index (Phi) is 5.68. The molecular formula is C20H16N2O5S2. The van der Waals surface area contributed by atoms with Gasteiger partial charge in [-0.3, -0.25) is 4.79 Å². The first-order valence-electron chi connectivity index (χ1n) is 8.29. The Hall–Kier alpha value is -3.22. The summed E-state index contributed by atoms with van der Waals surface area (Å²) in [7, 11) is -2.31. The average molecular weight is 428 g/mol. The molecule has 1 aromatic heterocycles. The highest BCUT2D eigenvalue weighted by Gasteiger charge is 2.18. The van der Waals surface area contributed by atoms with Crippen molar-refractivity contribution in [2.75, 3.05) is 13.4 Å². The maximum atomic E-state index is 12.8. The zero-order valence-corrected chi connectivity index (χ0v) is 17.2. The zero-order chi connectivity index (χ0) is 21.2. The Morgan fingerprint density at radius 3 is 2.62 bits per heavy atom. The molecule has 0 aliphatic rings. The van der Waals surface area contributed by atoms with Crippen LogP contribution >= 0.6 is 11.3 Å². The van der Waals surface area contributed by atoms with Gasteiger partial charge in [-0.1, -0.05) is 29.4 Å². The number of nitrogens with zero attached hydrogens (tertiary/aromatic N) is 2. The van der Waals surface area contributed by atoms with Crippen LogP contribution in [0.2, 0.25) is 0 Å². The number of sulfone groups is 1. The lowest BCUT2D eigenvalue weighted by Gasteiger charge is -2.04. The number of terminal acetylenes is 1. The molecule has 2 aromatic carbocycles. The summed E-state index contributed by atoms with van der Waals surface area (Å²) >= 11 is 1.16. The summed E-state index contributed by atoms with van der Waals surface area (Å²) in [5.41, 5.74) is 1.04. The van der Waals surface area contributed by atoms with Crippen LogP contribution in [0.1, 0.15) is 20.7 Å². The normalized spacial score (nSPS) is 12.0. The lowest BCUT2D eigenvalue weighted by atomic mass is 10.2. The first kappa shape index (κ1) is 20.5. The minimum atomic E-state index is -3.60. The monoisotopic (exact) mass is 428 g/mol. The second-order valence-corrected chi connectivity index (χ2v) is 9.03. The lowest BCUT2D eigenvalue weighted by Crippen LogP contribution is -2.17. The number of esters is 1. The molecular weight excluding hydrogens is 412 g/mol. The number of thiazole rings is 1. The summed E-state index contributed by atoms with van der Waals surface area (Å²) < 4.78 is 31.0. The van der Waals surface area contributed by atoms with Crippen molar-refractivity contribution in [2.45, 2.75) is 11.4 Å². The van der Waals surface area contributed by atoms with Crippen molar-refractivity contribution in [3.63, 3.8) is 0 Å². The number of rotatable bonds is 4. The highest BCUT2D eigenvalue weighted by Crippen LogP contribution is 2.21. The zero-order valence-electron chi connectivity index (χ0n) is 15.6. The van der Waals surface area contributed by atoms with E-state index in [0.717, 1.165) is 17.6 Å². The van der Waals surface area contributed by atoms with Gasteiger partial charge in [-0.15, -0.1) is 6.42 Å². The maximum Gasteiger partial charge on any atom is 0.337 e. The van der Waals surface area contributed by atoms with E-state index in [9.17, 15) is 18.0 Å². The van der Waals surface area contributed by atoms with Crippen LogP contribution in [0.3, 0.4) is 0 Å². The van der Waals surface area contributed by atoms with Crippen molar-refractivity contribution in [3.05, 3.63) is 58.4 Å². The first-order chi connectivity index (χ1) is 13.8. The number of benzene rings is 2. The van der Waals surface area contributed by atoms with Crippen LogP contribution in [-0.4, -0.2) is 38.2 Å². The predicted molar refractivity (Wildman–Crippen MR) is 109 cm³/mol. The number of fused-ring (bicyclic) bond motifs is 1. The first-order valence-corrected chi connectivity index (χ1v) is 11.0. The fourth-order valence-corrected chi connectivity index (χ4v) is 4.71. The molecule has 0 saturated carbocycles. The average Bonchev–Trinajstić information content (AvgIpc) is 3.03. The quantitative estimate of drug-likeness (QED) is 0.469. The molecule has 0 radical (unpaired) electrons. The largest absolute Gasteiger partial charge is 0.465 e. The van der Waals surface area contributed by atoms with Crippen LogP contribution in [0.4, 0.5) is 0 Å². The third-order valence-electron chi connectivity index (χ3n) is 4.07. The van der Waals surface area contributed by atoms with Crippen molar-refractivity contribution in [3.8, 4) is 12.3 Å². The molecule has 0 aliphatic carbocycles. The van der Waals surface area contributed by atoms with Gasteiger partial charge in [0.1, 0.15) is 0 Å². The molecule has 1 amide bonds. The molecule has 0 atom stereocenters. The molecule has 0 spiro atoms. The van der Waals surface area contributed by atoms with E-state index in [1.807, 2.05) is 0 Å². The van der Waals surface area contributed by atoms with E-state index < -0.39 is 21.7 Å². The second kappa shape index (κ2) is 8.03. The number of hydrogen-bond acceptors (Lipinski definition) is 6.